The quantitative estimate of drug-likeness (QED) is 0.0546. The molecule has 2 aromatic carbocycles. The minimum atomic E-state index is -2.04. The van der Waals surface area contributed by atoms with Crippen LogP contribution >= 0.6 is 46.3 Å². The number of carbonyl (C=O) groups is 4. The Morgan fingerprint density at radius 3 is 2.65 bits per heavy atom. The number of carbonyl (C=O) groups excluding carboxylic acids is 2. The Morgan fingerprint density at radius 2 is 1.94 bits per heavy atom. The lowest BCUT2D eigenvalue weighted by Crippen LogP contribution is -2.71. The lowest BCUT2D eigenvalue weighted by molar-refractivity contribution is -0.151. The van der Waals surface area contributed by atoms with Gasteiger partial charge in [0, 0.05) is 34.7 Å². The van der Waals surface area contributed by atoms with E-state index in [0.717, 1.165) is 38.8 Å². The highest BCUT2D eigenvalue weighted by Crippen LogP contribution is 2.44. The molecular formula is C32H24Cl2N6O9S2. The summed E-state index contributed by atoms with van der Waals surface area (Å²) < 4.78 is 0. The Hall–Kier alpha value is -5.36. The number of hydrogen-bond donors (Lipinski definition) is 6. The fourth-order valence-corrected chi connectivity index (χ4v) is 7.71. The van der Waals surface area contributed by atoms with Crippen LogP contribution in [0.2, 0.25) is 10.0 Å². The van der Waals surface area contributed by atoms with Gasteiger partial charge in [0.2, 0.25) is 6.10 Å². The minimum Gasteiger partial charge on any atom is -0.503 e. The molecule has 3 atom stereocenters. The molecule has 19 heteroatoms. The summed E-state index contributed by atoms with van der Waals surface area (Å²) in [4.78, 5) is 66.2. The molecule has 4 heterocycles. The molecule has 4 aromatic rings. The average Bonchev–Trinajstić information content (AvgIpc) is 3.54. The van der Waals surface area contributed by atoms with Gasteiger partial charge in [-0.15, -0.1) is 23.1 Å². The Morgan fingerprint density at radius 1 is 1.18 bits per heavy atom. The van der Waals surface area contributed by atoms with Crippen molar-refractivity contribution in [2.75, 3.05) is 11.5 Å². The molecule has 0 bridgehead atoms. The van der Waals surface area contributed by atoms with E-state index in [0.29, 0.717) is 12.0 Å². The second kappa shape index (κ2) is 14.5. The fraction of sp³-hybridized carbons (Fsp3) is 0.156. The Balaban J connectivity index is 1.22. The number of hydrogen-bond acceptors (Lipinski definition) is 13. The molecular weight excluding hydrogens is 747 g/mol. The SMILES string of the molecule is Nc1nc(C(=NOC(C(=O)O)c2cc(Cl)c(O)c(O)c2Cl)C(=O)NC2C(=O)N3C(C(=O)O)=C(C=CCc4nccc5ccccc45)CSC23)cs1. The Bertz CT molecular complexity index is 2200. The van der Waals surface area contributed by atoms with E-state index < -0.39 is 74.1 Å². The number of aromatic nitrogens is 2. The molecule has 0 spiro atoms. The topological polar surface area (TPSA) is 238 Å². The summed E-state index contributed by atoms with van der Waals surface area (Å²) in [5.41, 5.74) is 5.61. The van der Waals surface area contributed by atoms with Crippen LogP contribution in [0.15, 0.2) is 76.6 Å². The summed E-state index contributed by atoms with van der Waals surface area (Å²) in [6, 6.07) is 9.39. The first-order valence-electron chi connectivity index (χ1n) is 14.7. The zero-order valence-electron chi connectivity index (χ0n) is 25.7. The van der Waals surface area contributed by atoms with E-state index >= 15 is 0 Å². The van der Waals surface area contributed by atoms with Gasteiger partial charge >= 0.3 is 11.9 Å². The number of aliphatic carboxylic acids is 2. The molecule has 6 rings (SSSR count). The number of nitrogens with one attached hydrogen (secondary N) is 1. The first-order chi connectivity index (χ1) is 24.4. The number of rotatable bonds is 11. The number of carboxylic acids is 2. The predicted molar refractivity (Wildman–Crippen MR) is 189 cm³/mol. The van der Waals surface area contributed by atoms with Gasteiger partial charge in [-0.1, -0.05) is 64.8 Å². The molecule has 2 aliphatic heterocycles. The van der Waals surface area contributed by atoms with Crippen molar-refractivity contribution in [3.63, 3.8) is 0 Å². The zero-order chi connectivity index (χ0) is 36.6. The highest BCUT2D eigenvalue weighted by molar-refractivity contribution is 8.00. The van der Waals surface area contributed by atoms with Gasteiger partial charge in [-0.05, 0) is 23.1 Å². The van der Waals surface area contributed by atoms with Gasteiger partial charge in [0.05, 0.1) is 15.7 Å². The van der Waals surface area contributed by atoms with Gasteiger partial charge in [-0.3, -0.25) is 19.5 Å². The highest BCUT2D eigenvalue weighted by atomic mass is 35.5. The van der Waals surface area contributed by atoms with Crippen LogP contribution in [0.4, 0.5) is 5.13 Å². The number of aromatic hydroxyl groups is 2. The molecule has 51 heavy (non-hydrogen) atoms. The van der Waals surface area contributed by atoms with Gasteiger partial charge in [-0.25, -0.2) is 14.6 Å². The highest BCUT2D eigenvalue weighted by Gasteiger charge is 2.54. The van der Waals surface area contributed by atoms with Crippen LogP contribution in [0.25, 0.3) is 10.8 Å². The second-order valence-electron chi connectivity index (χ2n) is 10.9. The molecule has 1 fully saturated rings. The number of benzene rings is 2. The number of phenolic OH excluding ortho intramolecular Hbond substituents is 2. The average molecular weight is 772 g/mol. The number of thioether (sulfide) groups is 1. The maximum absolute atomic E-state index is 13.6. The summed E-state index contributed by atoms with van der Waals surface area (Å²) in [6.45, 7) is 0. The van der Waals surface area contributed by atoms with Gasteiger partial charge in [0.1, 0.15) is 22.8 Å². The minimum absolute atomic E-state index is 0.0281. The van der Waals surface area contributed by atoms with E-state index in [2.05, 4.69) is 20.4 Å². The molecule has 262 valence electrons. The second-order valence-corrected chi connectivity index (χ2v) is 13.7. The molecule has 2 amide bonds. The molecule has 0 aliphatic carbocycles. The van der Waals surface area contributed by atoms with Crippen LogP contribution in [0.1, 0.15) is 23.1 Å². The van der Waals surface area contributed by atoms with E-state index in [1.54, 1.807) is 18.3 Å². The van der Waals surface area contributed by atoms with E-state index in [1.165, 1.54) is 17.1 Å². The number of oxime groups is 1. The normalized spacial score (nSPS) is 18.0. The Labute approximate surface area is 305 Å². The number of fused-ring (bicyclic) bond motifs is 2. The van der Waals surface area contributed by atoms with Crippen molar-refractivity contribution in [3.8, 4) is 11.5 Å². The maximum atomic E-state index is 13.6. The van der Waals surface area contributed by atoms with E-state index in [4.69, 9.17) is 33.8 Å². The molecule has 0 saturated carbocycles. The number of phenols is 2. The van der Waals surface area contributed by atoms with Crippen LogP contribution in [0.5, 0.6) is 11.5 Å². The lowest BCUT2D eigenvalue weighted by Gasteiger charge is -2.49. The molecule has 2 aliphatic rings. The first kappa shape index (κ1) is 35.5. The number of nitrogens with zero attached hydrogens (tertiary/aromatic N) is 4. The molecule has 3 unspecified atom stereocenters. The molecule has 7 N–H and O–H groups in total. The van der Waals surface area contributed by atoms with Gasteiger partial charge in [-0.2, -0.15) is 0 Å². The third kappa shape index (κ3) is 6.88. The number of allylic oxidation sites excluding steroid dienone is 2. The number of amides is 2. The first-order valence-corrected chi connectivity index (χ1v) is 17.3. The van der Waals surface area contributed by atoms with Crippen molar-refractivity contribution < 1.29 is 44.4 Å². The summed E-state index contributed by atoms with van der Waals surface area (Å²) in [5, 5.41) is 47.6. The van der Waals surface area contributed by atoms with Crippen molar-refractivity contribution in [1.82, 2.24) is 20.2 Å². The summed E-state index contributed by atoms with van der Waals surface area (Å²) in [7, 11) is 0. The number of halogens is 2. The number of β-lactam (4-membered cyclic amide) rings is 1. The zero-order valence-corrected chi connectivity index (χ0v) is 28.8. The van der Waals surface area contributed by atoms with Crippen molar-refractivity contribution in [3.05, 3.63) is 98.4 Å². The van der Waals surface area contributed by atoms with Crippen LogP contribution in [-0.4, -0.2) is 81.9 Å². The van der Waals surface area contributed by atoms with E-state index in [-0.39, 0.29) is 22.3 Å². The third-order valence-electron chi connectivity index (χ3n) is 7.80. The van der Waals surface area contributed by atoms with Crippen LogP contribution in [0, 0.1) is 0 Å². The van der Waals surface area contributed by atoms with Crippen LogP contribution in [-0.2, 0) is 30.4 Å². The number of thiazole rings is 1. The van der Waals surface area contributed by atoms with Crippen molar-refractivity contribution in [2.24, 2.45) is 5.16 Å². The van der Waals surface area contributed by atoms with Crippen LogP contribution in [0.3, 0.4) is 0 Å². The molecule has 15 nitrogen and oxygen atoms in total. The van der Waals surface area contributed by atoms with Gasteiger partial charge in [0.15, 0.2) is 22.3 Å². The van der Waals surface area contributed by atoms with Crippen molar-refractivity contribution >= 4 is 91.7 Å². The summed E-state index contributed by atoms with van der Waals surface area (Å²) in [5.74, 6) is -6.20. The monoisotopic (exact) mass is 770 g/mol. The molecule has 2 aromatic heterocycles. The number of nitrogens with two attached hydrogens (primary N) is 1. The maximum Gasteiger partial charge on any atom is 0.352 e. The Kier molecular flexibility index (Phi) is 10.1. The van der Waals surface area contributed by atoms with Gasteiger partial charge < -0.3 is 36.3 Å². The number of pyridine rings is 1. The number of carboxylic acid groups (broad SMARTS) is 2. The smallest absolute Gasteiger partial charge is 0.352 e. The third-order valence-corrected chi connectivity index (χ3v) is 10.5. The predicted octanol–water partition coefficient (Wildman–Crippen LogP) is 4.08. The number of nitrogen functional groups attached to an aromatic ring is 1. The fourth-order valence-electron chi connectivity index (χ4n) is 5.39. The van der Waals surface area contributed by atoms with E-state index in [1.807, 2.05) is 30.3 Å². The molecule has 0 radical (unpaired) electrons. The van der Waals surface area contributed by atoms with Crippen LogP contribution < -0.4 is 11.1 Å². The van der Waals surface area contributed by atoms with Crippen molar-refractivity contribution in [1.29, 1.82) is 0 Å². The summed E-state index contributed by atoms with van der Waals surface area (Å²) >= 11 is 14.1. The van der Waals surface area contributed by atoms with E-state index in [9.17, 15) is 39.6 Å². The molecule has 1 saturated heterocycles. The largest absolute Gasteiger partial charge is 0.503 e. The lowest BCUT2D eigenvalue weighted by atomic mass is 10.0. The van der Waals surface area contributed by atoms with Crippen molar-refractivity contribution in [2.45, 2.75) is 23.9 Å². The number of anilines is 1. The standard InChI is InChI=1S/C32H24Cl2N6O9S2/c33-17-10-16(20(34)25(42)24(17)41)26(31(47)48)49-39-21(19-12-51-32(35)37-19)27(43)38-22-28(44)40-23(30(45)46)14(11-50-29(22)40)5-3-7-18-15-6-2-1-4-13(15)8-9-36-18/h1-6,8-10,12,22,26,29,41-42H,7,11H2,(H2,35,37)(H,38,43)(H,45,46)(H,47,48). The summed E-state index contributed by atoms with van der Waals surface area (Å²) in [6.07, 6.45) is 3.51. The van der Waals surface area contributed by atoms with Gasteiger partial charge in [0.25, 0.3) is 11.8 Å².